The molecule has 1 saturated carbocycles. The highest BCUT2D eigenvalue weighted by Gasteiger charge is 2.55. The largest absolute Gasteiger partial charge is 0.481 e. The summed E-state index contributed by atoms with van der Waals surface area (Å²) in [5.41, 5.74) is 1.40. The molecule has 0 aromatic heterocycles. The SMILES string of the molecule is CN1CCc2ccc(NC(=O)N3C[C@@H]4CCC[C@@]4(C(=O)O)C3)cc2C1=O. The van der Waals surface area contributed by atoms with E-state index in [-0.39, 0.29) is 24.4 Å². The van der Waals surface area contributed by atoms with Crippen molar-refractivity contribution in [3.8, 4) is 0 Å². The Kier molecular flexibility index (Phi) is 3.89. The Morgan fingerprint density at radius 1 is 1.35 bits per heavy atom. The number of fused-ring (bicyclic) bond motifs is 2. The summed E-state index contributed by atoms with van der Waals surface area (Å²) in [6, 6.07) is 5.11. The van der Waals surface area contributed by atoms with Crippen molar-refractivity contribution in [2.24, 2.45) is 11.3 Å². The molecule has 1 saturated heterocycles. The van der Waals surface area contributed by atoms with Gasteiger partial charge in [-0.2, -0.15) is 0 Å². The maximum atomic E-state index is 12.7. The number of nitrogens with zero attached hydrogens (tertiary/aromatic N) is 2. The van der Waals surface area contributed by atoms with Crippen LogP contribution < -0.4 is 5.32 Å². The average Bonchev–Trinajstić information content (AvgIpc) is 3.17. The number of hydrogen-bond donors (Lipinski definition) is 2. The first-order chi connectivity index (χ1) is 12.4. The predicted octanol–water partition coefficient (Wildman–Crippen LogP) is 2.03. The number of hydrogen-bond acceptors (Lipinski definition) is 3. The number of carboxylic acid groups (broad SMARTS) is 1. The molecule has 0 bridgehead atoms. The van der Waals surface area contributed by atoms with Gasteiger partial charge in [0.25, 0.3) is 5.91 Å². The number of anilines is 1. The monoisotopic (exact) mass is 357 g/mol. The zero-order chi connectivity index (χ0) is 18.5. The molecule has 1 aromatic carbocycles. The third-order valence-electron chi connectivity index (χ3n) is 6.24. The van der Waals surface area contributed by atoms with E-state index < -0.39 is 11.4 Å². The number of nitrogens with one attached hydrogen (secondary N) is 1. The number of likely N-dealkylation sites (tertiary alicyclic amines) is 1. The maximum Gasteiger partial charge on any atom is 0.321 e. The second-order valence-electron chi connectivity index (χ2n) is 7.71. The van der Waals surface area contributed by atoms with Crippen LogP contribution in [0.4, 0.5) is 10.5 Å². The first kappa shape index (κ1) is 16.9. The smallest absolute Gasteiger partial charge is 0.321 e. The Balaban J connectivity index is 1.50. The van der Waals surface area contributed by atoms with Gasteiger partial charge in [-0.1, -0.05) is 12.5 Å². The van der Waals surface area contributed by atoms with Crippen LogP contribution >= 0.6 is 0 Å². The topological polar surface area (TPSA) is 90.0 Å². The van der Waals surface area contributed by atoms with Crippen LogP contribution in [0, 0.1) is 11.3 Å². The fourth-order valence-electron chi connectivity index (χ4n) is 4.66. The summed E-state index contributed by atoms with van der Waals surface area (Å²) in [6.07, 6.45) is 3.21. The normalized spacial score (nSPS) is 27.3. The minimum Gasteiger partial charge on any atom is -0.481 e. The molecule has 2 N–H and O–H groups in total. The molecule has 0 spiro atoms. The van der Waals surface area contributed by atoms with E-state index in [1.807, 2.05) is 6.07 Å². The van der Waals surface area contributed by atoms with Crippen LogP contribution in [0.5, 0.6) is 0 Å². The van der Waals surface area contributed by atoms with Gasteiger partial charge in [-0.3, -0.25) is 9.59 Å². The quantitative estimate of drug-likeness (QED) is 0.847. The molecule has 1 aliphatic carbocycles. The highest BCUT2D eigenvalue weighted by atomic mass is 16.4. The molecule has 1 aromatic rings. The third kappa shape index (κ3) is 2.53. The molecule has 0 radical (unpaired) electrons. The number of aliphatic carboxylic acids is 1. The van der Waals surface area contributed by atoms with Gasteiger partial charge in [-0.15, -0.1) is 0 Å². The number of carboxylic acids is 1. The molecular weight excluding hydrogens is 334 g/mol. The predicted molar refractivity (Wildman–Crippen MR) is 95.1 cm³/mol. The minimum atomic E-state index is -0.794. The standard InChI is InChI=1S/C19H23N3O4/c1-21-8-6-12-4-5-14(9-15(12)16(21)23)20-18(26)22-10-13-3-2-7-19(13,11-22)17(24)25/h4-5,9,13H,2-3,6-8,10-11H2,1H3,(H,20,26)(H,24,25)/t13-,19+/m0/s1. The number of carbonyl (C=O) groups is 3. The molecule has 2 aliphatic heterocycles. The fourth-order valence-corrected chi connectivity index (χ4v) is 4.66. The van der Waals surface area contributed by atoms with Gasteiger partial charge in [0.2, 0.25) is 0 Å². The van der Waals surface area contributed by atoms with Gasteiger partial charge < -0.3 is 20.2 Å². The van der Waals surface area contributed by atoms with E-state index in [9.17, 15) is 19.5 Å². The van der Waals surface area contributed by atoms with E-state index >= 15 is 0 Å². The molecule has 7 nitrogen and oxygen atoms in total. The number of likely N-dealkylation sites (N-methyl/N-ethyl adjacent to an activating group) is 1. The summed E-state index contributed by atoms with van der Waals surface area (Å²) in [6.45, 7) is 1.43. The van der Waals surface area contributed by atoms with Gasteiger partial charge in [0.1, 0.15) is 0 Å². The van der Waals surface area contributed by atoms with Gasteiger partial charge in [0, 0.05) is 37.9 Å². The Labute approximate surface area is 152 Å². The van der Waals surface area contributed by atoms with Crippen LogP contribution in [-0.2, 0) is 11.2 Å². The molecule has 2 fully saturated rings. The zero-order valence-electron chi connectivity index (χ0n) is 14.8. The van der Waals surface area contributed by atoms with E-state index in [1.54, 1.807) is 29.0 Å². The molecular formula is C19H23N3O4. The van der Waals surface area contributed by atoms with Crippen molar-refractivity contribution >= 4 is 23.6 Å². The summed E-state index contributed by atoms with van der Waals surface area (Å²) in [5.74, 6) is -0.801. The lowest BCUT2D eigenvalue weighted by atomic mass is 9.81. The minimum absolute atomic E-state index is 0.0320. The molecule has 0 unspecified atom stereocenters. The summed E-state index contributed by atoms with van der Waals surface area (Å²) in [7, 11) is 1.77. The van der Waals surface area contributed by atoms with E-state index in [4.69, 9.17) is 0 Å². The highest BCUT2D eigenvalue weighted by molar-refractivity contribution is 5.99. The fraction of sp³-hybridized carbons (Fsp3) is 0.526. The second-order valence-corrected chi connectivity index (χ2v) is 7.71. The molecule has 4 rings (SSSR count). The van der Waals surface area contributed by atoms with Crippen LogP contribution in [0.1, 0.15) is 35.2 Å². The molecule has 138 valence electrons. The van der Waals surface area contributed by atoms with Crippen molar-refractivity contribution in [2.45, 2.75) is 25.7 Å². The zero-order valence-corrected chi connectivity index (χ0v) is 14.8. The number of rotatable bonds is 2. The molecule has 26 heavy (non-hydrogen) atoms. The number of carbonyl (C=O) groups excluding carboxylic acids is 2. The van der Waals surface area contributed by atoms with E-state index in [0.717, 1.165) is 24.8 Å². The van der Waals surface area contributed by atoms with Crippen LogP contribution in [0.15, 0.2) is 18.2 Å². The lowest BCUT2D eigenvalue weighted by Crippen LogP contribution is -2.39. The Bertz CT molecular complexity index is 793. The molecule has 3 aliphatic rings. The van der Waals surface area contributed by atoms with Crippen molar-refractivity contribution in [2.75, 3.05) is 32.0 Å². The summed E-state index contributed by atoms with van der Waals surface area (Å²) < 4.78 is 0. The lowest BCUT2D eigenvalue weighted by Gasteiger charge is -2.26. The van der Waals surface area contributed by atoms with Gasteiger partial charge in [-0.05, 0) is 42.9 Å². The molecule has 7 heteroatoms. The van der Waals surface area contributed by atoms with Gasteiger partial charge >= 0.3 is 12.0 Å². The van der Waals surface area contributed by atoms with Crippen molar-refractivity contribution in [1.29, 1.82) is 0 Å². The van der Waals surface area contributed by atoms with Gasteiger partial charge in [0.05, 0.1) is 5.41 Å². The van der Waals surface area contributed by atoms with E-state index in [2.05, 4.69) is 5.32 Å². The Morgan fingerprint density at radius 2 is 2.15 bits per heavy atom. The number of benzene rings is 1. The van der Waals surface area contributed by atoms with Crippen molar-refractivity contribution in [3.05, 3.63) is 29.3 Å². The molecule has 2 atom stereocenters. The van der Waals surface area contributed by atoms with Crippen molar-refractivity contribution < 1.29 is 19.5 Å². The van der Waals surface area contributed by atoms with Crippen LogP contribution in [-0.4, -0.2) is 59.5 Å². The van der Waals surface area contributed by atoms with Gasteiger partial charge in [-0.25, -0.2) is 4.79 Å². The second kappa shape index (κ2) is 6.00. The lowest BCUT2D eigenvalue weighted by molar-refractivity contribution is -0.149. The van der Waals surface area contributed by atoms with Crippen LogP contribution in [0.25, 0.3) is 0 Å². The van der Waals surface area contributed by atoms with Crippen LogP contribution in [0.2, 0.25) is 0 Å². The first-order valence-corrected chi connectivity index (χ1v) is 9.08. The average molecular weight is 357 g/mol. The summed E-state index contributed by atoms with van der Waals surface area (Å²) in [4.78, 5) is 40.0. The van der Waals surface area contributed by atoms with E-state index in [1.165, 1.54) is 0 Å². The maximum absolute atomic E-state index is 12.7. The summed E-state index contributed by atoms with van der Waals surface area (Å²) in [5, 5.41) is 12.5. The number of amides is 3. The third-order valence-corrected chi connectivity index (χ3v) is 6.24. The van der Waals surface area contributed by atoms with E-state index in [0.29, 0.717) is 30.8 Å². The highest BCUT2D eigenvalue weighted by Crippen LogP contribution is 2.48. The molecule has 2 heterocycles. The van der Waals surface area contributed by atoms with Crippen molar-refractivity contribution in [3.63, 3.8) is 0 Å². The summed E-state index contributed by atoms with van der Waals surface area (Å²) >= 11 is 0. The number of urea groups is 1. The van der Waals surface area contributed by atoms with Crippen LogP contribution in [0.3, 0.4) is 0 Å². The molecule has 3 amide bonds. The Morgan fingerprint density at radius 3 is 2.88 bits per heavy atom. The first-order valence-electron chi connectivity index (χ1n) is 9.08. The van der Waals surface area contributed by atoms with Gasteiger partial charge in [0.15, 0.2) is 0 Å². The van der Waals surface area contributed by atoms with Crippen molar-refractivity contribution in [1.82, 2.24) is 9.80 Å². The Hall–Kier alpha value is -2.57.